The third-order valence-electron chi connectivity index (χ3n) is 4.11. The van der Waals surface area contributed by atoms with E-state index in [9.17, 15) is 9.59 Å². The van der Waals surface area contributed by atoms with Crippen molar-refractivity contribution in [2.75, 3.05) is 19.6 Å². The van der Waals surface area contributed by atoms with Crippen molar-refractivity contribution in [3.05, 3.63) is 0 Å². The molecule has 0 atom stereocenters. The summed E-state index contributed by atoms with van der Waals surface area (Å²) >= 11 is 0. The molecule has 0 aromatic heterocycles. The molecule has 0 saturated heterocycles. The van der Waals surface area contributed by atoms with Gasteiger partial charge in [0.1, 0.15) is 0 Å². The Bertz CT molecular complexity index is 539. The molecule has 0 heterocycles. The molecule has 0 saturated carbocycles. The van der Waals surface area contributed by atoms with Gasteiger partial charge in [-0.05, 0) is 13.0 Å². The first-order chi connectivity index (χ1) is 15.1. The summed E-state index contributed by atoms with van der Waals surface area (Å²) in [7, 11) is -10.8. The van der Waals surface area contributed by atoms with E-state index in [0.29, 0.717) is 13.1 Å². The van der Waals surface area contributed by atoms with Gasteiger partial charge in [0.05, 0.1) is 12.8 Å². The van der Waals surface area contributed by atoms with Gasteiger partial charge in [-0.1, -0.05) is 64.7 Å². The third kappa shape index (κ3) is 76.7. The van der Waals surface area contributed by atoms with E-state index in [1.165, 1.54) is 51.4 Å². The van der Waals surface area contributed by atoms with Gasteiger partial charge in [0.25, 0.3) is 0 Å². The monoisotopic (exact) mass is 639 g/mol. The summed E-state index contributed by atoms with van der Waals surface area (Å²) in [5, 5.41) is 17.5. The van der Waals surface area contributed by atoms with Crippen molar-refractivity contribution in [1.29, 1.82) is 0 Å². The van der Waals surface area contributed by atoms with Gasteiger partial charge in [0, 0.05) is 13.1 Å². The normalized spacial score (nSPS) is 10.3. The average Bonchev–Trinajstić information content (AvgIpc) is 2.61. The van der Waals surface area contributed by atoms with E-state index < -0.39 is 27.6 Å². The maximum Gasteiger partial charge on any atom is 2.00 e. The summed E-state index contributed by atoms with van der Waals surface area (Å²) in [6.45, 7) is 3.92. The molecule has 0 aliphatic heterocycles. The molecule has 2 N–H and O–H groups in total. The maximum atomic E-state index is 10.6. The van der Waals surface area contributed by atoms with Crippen LogP contribution in [0, 0.1) is 0 Å². The van der Waals surface area contributed by atoms with E-state index in [1.54, 1.807) is 0 Å². The van der Waals surface area contributed by atoms with Crippen LogP contribution in [0.3, 0.4) is 0 Å². The molecule has 0 aromatic rings. The van der Waals surface area contributed by atoms with E-state index in [1.807, 2.05) is 4.90 Å². The molecule has 0 amide bonds. The largest absolute Gasteiger partial charge is 2.00 e. The van der Waals surface area contributed by atoms with Gasteiger partial charge < -0.3 is 53.6 Å². The zero-order valence-corrected chi connectivity index (χ0v) is 29.5. The minimum absolute atomic E-state index is 0. The Labute approximate surface area is 303 Å². The molecule has 0 aliphatic rings. The zero-order valence-electron chi connectivity index (χ0n) is 21.0. The predicted molar refractivity (Wildman–Crippen MR) is 125 cm³/mol. The van der Waals surface area contributed by atoms with Crippen molar-refractivity contribution < 1.29 is 58.3 Å². The van der Waals surface area contributed by atoms with Crippen molar-refractivity contribution >= 4 is 141 Å². The second-order valence-electron chi connectivity index (χ2n) is 7.21. The molecule has 0 fully saturated rings. The van der Waals surface area contributed by atoms with E-state index in [2.05, 4.69) is 6.92 Å². The fourth-order valence-electron chi connectivity index (χ4n) is 2.67. The first kappa shape index (κ1) is 51.6. The van der Waals surface area contributed by atoms with Crippen molar-refractivity contribution in [3.8, 4) is 0 Å². The van der Waals surface area contributed by atoms with Gasteiger partial charge in [-0.2, -0.15) is 15.6 Å². The Hall–Kier alpha value is 2.90. The first-order valence-corrected chi connectivity index (χ1v) is 13.6. The summed E-state index contributed by atoms with van der Waals surface area (Å²) in [4.78, 5) is 74.5. The number of aliphatic carboxylic acids is 2. The molecule has 0 radical (unpaired) electrons. The second-order valence-corrected chi connectivity index (χ2v) is 8.99. The summed E-state index contributed by atoms with van der Waals surface area (Å²) in [5.74, 6) is -1.65. The molecule has 0 spiro atoms. The summed E-state index contributed by atoms with van der Waals surface area (Å²) in [6, 6.07) is 0. The Morgan fingerprint density at radius 2 is 0.833 bits per heavy atom. The number of rotatable bonds is 17. The standard InChI is InChI=1S/C18H35NO4.3Ca.2H3O4P/c1-2-3-4-5-6-7-8-9-10-11-14-19(15-12-17(20)21)16-13-18(22)23;;;;2*1-5(2,3)4/h2-16H2,1H3,(H,20,21)(H,22,23);;;;2*(H3,1,2,3,4)/q;3*+2;;/p-6. The molecular formula is C18H35Ca3NO12P2. The number of carboxylic acids is 2. The van der Waals surface area contributed by atoms with Gasteiger partial charge >= 0.3 is 125 Å². The fraction of sp³-hybridized carbons (Fsp3) is 0.889. The van der Waals surface area contributed by atoms with Crippen molar-refractivity contribution in [2.24, 2.45) is 0 Å². The Morgan fingerprint density at radius 3 is 1.08 bits per heavy atom. The molecule has 0 rings (SSSR count). The summed E-state index contributed by atoms with van der Waals surface area (Å²) in [6.07, 6.45) is 12.8. The molecule has 13 nitrogen and oxygen atoms in total. The summed E-state index contributed by atoms with van der Waals surface area (Å²) in [5.41, 5.74) is 0. The minimum atomic E-state index is -5.39. The van der Waals surface area contributed by atoms with Crippen LogP contribution < -0.4 is 29.4 Å². The van der Waals surface area contributed by atoms with Gasteiger partial charge in [-0.3, -0.25) is 9.59 Å². The Morgan fingerprint density at radius 1 is 0.583 bits per heavy atom. The predicted octanol–water partition coefficient (Wildman–Crippen LogP) is -2.63. The smallest absolute Gasteiger partial charge is 0.822 e. The molecule has 0 bridgehead atoms. The number of phosphoric acid groups is 2. The van der Waals surface area contributed by atoms with Crippen LogP contribution in [0.1, 0.15) is 84.0 Å². The van der Waals surface area contributed by atoms with E-state index in [-0.39, 0.29) is 126 Å². The van der Waals surface area contributed by atoms with Crippen molar-refractivity contribution in [3.63, 3.8) is 0 Å². The van der Waals surface area contributed by atoms with Gasteiger partial charge in [0.15, 0.2) is 0 Å². The number of carbonyl (C=O) groups is 2. The fourth-order valence-corrected chi connectivity index (χ4v) is 2.67. The average molecular weight is 640 g/mol. The zero-order chi connectivity index (χ0) is 26.3. The minimum Gasteiger partial charge on any atom is -0.822 e. The Kier molecular flexibility index (Phi) is 48.9. The third-order valence-corrected chi connectivity index (χ3v) is 4.11. The number of carboxylic acid groups (broad SMARTS) is 2. The molecule has 0 aromatic carbocycles. The van der Waals surface area contributed by atoms with Crippen LogP contribution >= 0.6 is 15.6 Å². The SMILES string of the molecule is CCCCCCCCCCCCN(CCC(=O)O)CCC(=O)O.O=P([O-])([O-])[O-].O=P([O-])([O-])[O-].[Ca+2].[Ca+2].[Ca+2]. The number of nitrogens with zero attached hydrogens (tertiary/aromatic N) is 1. The molecular weight excluding hydrogens is 604 g/mol. The van der Waals surface area contributed by atoms with E-state index in [4.69, 9.17) is 48.7 Å². The van der Waals surface area contributed by atoms with E-state index in [0.717, 1.165) is 19.4 Å². The van der Waals surface area contributed by atoms with E-state index >= 15 is 0 Å². The number of unbranched alkanes of at least 4 members (excludes halogenated alkanes) is 9. The van der Waals surface area contributed by atoms with Gasteiger partial charge in [0.2, 0.25) is 0 Å². The van der Waals surface area contributed by atoms with Crippen LogP contribution in [-0.4, -0.2) is 160 Å². The molecule has 0 unspecified atom stereocenters. The topological polar surface area (TPSA) is 250 Å². The quantitative estimate of drug-likeness (QED) is 0.0940. The van der Waals surface area contributed by atoms with Gasteiger partial charge in [-0.25, -0.2) is 0 Å². The van der Waals surface area contributed by atoms with Crippen molar-refractivity contribution in [1.82, 2.24) is 4.90 Å². The van der Waals surface area contributed by atoms with Crippen LogP contribution in [0.25, 0.3) is 0 Å². The van der Waals surface area contributed by atoms with Crippen LogP contribution in [-0.2, 0) is 18.7 Å². The van der Waals surface area contributed by atoms with Crippen LogP contribution in [0.2, 0.25) is 0 Å². The van der Waals surface area contributed by atoms with Crippen LogP contribution in [0.4, 0.5) is 0 Å². The first-order valence-electron chi connectivity index (χ1n) is 10.7. The molecule has 0 aliphatic carbocycles. The Balaban J connectivity index is -0.000000146. The molecule has 18 heteroatoms. The van der Waals surface area contributed by atoms with Gasteiger partial charge in [-0.15, -0.1) is 0 Å². The second kappa shape index (κ2) is 34.1. The molecule has 200 valence electrons. The maximum absolute atomic E-state index is 10.6. The molecule has 36 heavy (non-hydrogen) atoms. The number of hydrogen-bond acceptors (Lipinski definition) is 11. The number of hydrogen-bond donors (Lipinski definition) is 2. The van der Waals surface area contributed by atoms with Crippen LogP contribution in [0.15, 0.2) is 0 Å². The van der Waals surface area contributed by atoms with Crippen LogP contribution in [0.5, 0.6) is 0 Å². The summed E-state index contributed by atoms with van der Waals surface area (Å²) < 4.78 is 17.1. The van der Waals surface area contributed by atoms with Crippen molar-refractivity contribution in [2.45, 2.75) is 84.0 Å².